The lowest BCUT2D eigenvalue weighted by Gasteiger charge is -2.21. The summed E-state index contributed by atoms with van der Waals surface area (Å²) >= 11 is 0. The molecule has 0 aromatic heterocycles. The molecule has 1 heterocycles. The monoisotopic (exact) mass is 328 g/mol. The molecule has 2 amide bonds. The summed E-state index contributed by atoms with van der Waals surface area (Å²) in [6.45, 7) is 5.23. The van der Waals surface area contributed by atoms with Crippen molar-refractivity contribution in [3.8, 4) is 0 Å². The van der Waals surface area contributed by atoms with Gasteiger partial charge in [0.05, 0.1) is 7.11 Å². The SMILES string of the molecule is COC(=O)[C@H](CCC(=O)OC(C)(C)C)NC(=O)[C@H]1CCC(=O)N1. The van der Waals surface area contributed by atoms with Crippen molar-refractivity contribution in [2.24, 2.45) is 0 Å². The topological polar surface area (TPSA) is 111 Å². The van der Waals surface area contributed by atoms with Gasteiger partial charge in [0.2, 0.25) is 11.8 Å². The van der Waals surface area contributed by atoms with Crippen LogP contribution in [-0.4, -0.2) is 48.5 Å². The van der Waals surface area contributed by atoms with E-state index in [9.17, 15) is 19.2 Å². The third-order valence-corrected chi connectivity index (χ3v) is 3.17. The van der Waals surface area contributed by atoms with Gasteiger partial charge in [-0.1, -0.05) is 0 Å². The summed E-state index contributed by atoms with van der Waals surface area (Å²) in [7, 11) is 1.20. The number of nitrogens with one attached hydrogen (secondary N) is 2. The largest absolute Gasteiger partial charge is 0.467 e. The van der Waals surface area contributed by atoms with Crippen LogP contribution < -0.4 is 10.6 Å². The molecule has 0 unspecified atom stereocenters. The van der Waals surface area contributed by atoms with Crippen LogP contribution in [0, 0.1) is 0 Å². The number of esters is 2. The Bertz CT molecular complexity index is 483. The molecule has 0 aromatic rings. The molecule has 0 spiro atoms. The van der Waals surface area contributed by atoms with Crippen LogP contribution in [0.5, 0.6) is 0 Å². The second-order valence-electron chi connectivity index (χ2n) is 6.37. The van der Waals surface area contributed by atoms with E-state index in [1.165, 1.54) is 7.11 Å². The Morgan fingerprint density at radius 1 is 1.35 bits per heavy atom. The molecule has 130 valence electrons. The highest BCUT2D eigenvalue weighted by Crippen LogP contribution is 2.11. The highest BCUT2D eigenvalue weighted by atomic mass is 16.6. The molecular weight excluding hydrogens is 304 g/mol. The first-order valence-electron chi connectivity index (χ1n) is 7.52. The van der Waals surface area contributed by atoms with E-state index >= 15 is 0 Å². The molecular formula is C15H24N2O6. The Kier molecular flexibility index (Phi) is 6.53. The normalized spacial score (nSPS) is 18.8. The van der Waals surface area contributed by atoms with E-state index in [0.29, 0.717) is 6.42 Å². The predicted octanol–water partition coefficient (Wildman–Crippen LogP) is 0.0447. The molecule has 2 N–H and O–H groups in total. The molecule has 1 aliphatic heterocycles. The van der Waals surface area contributed by atoms with Crippen LogP contribution in [0.2, 0.25) is 0 Å². The second kappa shape index (κ2) is 7.94. The average molecular weight is 328 g/mol. The number of ether oxygens (including phenoxy) is 2. The molecule has 2 atom stereocenters. The Hall–Kier alpha value is -2.12. The molecule has 0 bridgehead atoms. The lowest BCUT2D eigenvalue weighted by Crippen LogP contribution is -2.49. The molecule has 8 nitrogen and oxygen atoms in total. The van der Waals surface area contributed by atoms with Crippen molar-refractivity contribution in [3.63, 3.8) is 0 Å². The summed E-state index contributed by atoms with van der Waals surface area (Å²) in [5.74, 6) is -1.77. The van der Waals surface area contributed by atoms with Crippen LogP contribution in [-0.2, 0) is 28.7 Å². The smallest absolute Gasteiger partial charge is 0.328 e. The number of amides is 2. The van der Waals surface area contributed by atoms with Crippen LogP contribution in [0.1, 0.15) is 46.5 Å². The van der Waals surface area contributed by atoms with E-state index < -0.39 is 35.5 Å². The maximum Gasteiger partial charge on any atom is 0.328 e. The second-order valence-corrected chi connectivity index (χ2v) is 6.37. The fourth-order valence-corrected chi connectivity index (χ4v) is 2.13. The third kappa shape index (κ3) is 6.66. The lowest BCUT2D eigenvalue weighted by atomic mass is 10.1. The molecule has 1 aliphatic rings. The molecule has 0 aromatic carbocycles. The molecule has 8 heteroatoms. The van der Waals surface area contributed by atoms with Gasteiger partial charge in [0.15, 0.2) is 0 Å². The summed E-state index contributed by atoms with van der Waals surface area (Å²) in [6.07, 6.45) is 0.686. The van der Waals surface area contributed by atoms with E-state index in [-0.39, 0.29) is 25.2 Å². The van der Waals surface area contributed by atoms with Gasteiger partial charge in [0, 0.05) is 12.8 Å². The van der Waals surface area contributed by atoms with Crippen molar-refractivity contribution in [1.29, 1.82) is 0 Å². The summed E-state index contributed by atoms with van der Waals surface area (Å²) in [5, 5.41) is 5.03. The highest BCUT2D eigenvalue weighted by Gasteiger charge is 2.31. The van der Waals surface area contributed by atoms with Crippen molar-refractivity contribution in [3.05, 3.63) is 0 Å². The Morgan fingerprint density at radius 2 is 2.00 bits per heavy atom. The molecule has 1 rings (SSSR count). The van der Waals surface area contributed by atoms with Gasteiger partial charge >= 0.3 is 11.9 Å². The zero-order valence-corrected chi connectivity index (χ0v) is 13.9. The molecule has 23 heavy (non-hydrogen) atoms. The quantitative estimate of drug-likeness (QED) is 0.666. The maximum atomic E-state index is 12.0. The summed E-state index contributed by atoms with van der Waals surface area (Å²) < 4.78 is 9.80. The van der Waals surface area contributed by atoms with Gasteiger partial charge in [-0.3, -0.25) is 14.4 Å². The van der Waals surface area contributed by atoms with E-state index in [4.69, 9.17) is 4.74 Å². The van der Waals surface area contributed by atoms with Crippen molar-refractivity contribution >= 4 is 23.8 Å². The first kappa shape index (κ1) is 18.9. The number of methoxy groups -OCH3 is 1. The number of carbonyl (C=O) groups is 4. The fraction of sp³-hybridized carbons (Fsp3) is 0.733. The first-order chi connectivity index (χ1) is 10.6. The number of carbonyl (C=O) groups excluding carboxylic acids is 4. The van der Waals surface area contributed by atoms with Crippen molar-refractivity contribution in [2.75, 3.05) is 7.11 Å². The van der Waals surface area contributed by atoms with E-state index in [1.807, 2.05) is 0 Å². The minimum absolute atomic E-state index is 0.0334. The number of hydrogen-bond donors (Lipinski definition) is 2. The van der Waals surface area contributed by atoms with Crippen LogP contribution >= 0.6 is 0 Å². The predicted molar refractivity (Wildman–Crippen MR) is 80.2 cm³/mol. The zero-order valence-electron chi connectivity index (χ0n) is 13.9. The van der Waals surface area contributed by atoms with E-state index in [1.54, 1.807) is 20.8 Å². The lowest BCUT2D eigenvalue weighted by molar-refractivity contribution is -0.155. The van der Waals surface area contributed by atoms with E-state index in [0.717, 1.165) is 0 Å². The van der Waals surface area contributed by atoms with Gasteiger partial charge in [-0.05, 0) is 33.6 Å². The minimum Gasteiger partial charge on any atom is -0.467 e. The molecule has 0 saturated carbocycles. The summed E-state index contributed by atoms with van der Waals surface area (Å²) in [4.78, 5) is 46.6. The standard InChI is InChI=1S/C15H24N2O6/c1-15(2,3)23-12(19)8-6-10(14(21)22-4)17-13(20)9-5-7-11(18)16-9/h9-10H,5-8H2,1-4H3,(H,16,18)(H,17,20)/t9-,10+/m1/s1. The van der Waals surface area contributed by atoms with Crippen LogP contribution in [0.25, 0.3) is 0 Å². The number of rotatable bonds is 6. The van der Waals surface area contributed by atoms with E-state index in [2.05, 4.69) is 15.4 Å². The van der Waals surface area contributed by atoms with Crippen molar-refractivity contribution < 1.29 is 28.7 Å². The molecule has 1 fully saturated rings. The van der Waals surface area contributed by atoms with Gasteiger partial charge in [-0.2, -0.15) is 0 Å². The van der Waals surface area contributed by atoms with Gasteiger partial charge in [0.1, 0.15) is 17.7 Å². The Morgan fingerprint density at radius 3 is 2.48 bits per heavy atom. The zero-order chi connectivity index (χ0) is 17.6. The van der Waals surface area contributed by atoms with Crippen LogP contribution in [0.3, 0.4) is 0 Å². The third-order valence-electron chi connectivity index (χ3n) is 3.17. The Balaban J connectivity index is 2.56. The fourth-order valence-electron chi connectivity index (χ4n) is 2.13. The first-order valence-corrected chi connectivity index (χ1v) is 7.52. The molecule has 0 radical (unpaired) electrons. The summed E-state index contributed by atoms with van der Waals surface area (Å²) in [6, 6.07) is -1.62. The molecule has 1 saturated heterocycles. The van der Waals surface area contributed by atoms with Crippen molar-refractivity contribution in [1.82, 2.24) is 10.6 Å². The maximum absolute atomic E-state index is 12.0. The van der Waals surface area contributed by atoms with Crippen LogP contribution in [0.15, 0.2) is 0 Å². The number of hydrogen-bond acceptors (Lipinski definition) is 6. The highest BCUT2D eigenvalue weighted by molar-refractivity contribution is 5.93. The summed E-state index contributed by atoms with van der Waals surface area (Å²) in [5.41, 5.74) is -0.616. The molecule has 0 aliphatic carbocycles. The van der Waals surface area contributed by atoms with Gasteiger partial charge in [0.25, 0.3) is 0 Å². The minimum atomic E-state index is -0.961. The van der Waals surface area contributed by atoms with Crippen molar-refractivity contribution in [2.45, 2.75) is 64.1 Å². The average Bonchev–Trinajstić information content (AvgIpc) is 2.87. The van der Waals surface area contributed by atoms with Gasteiger partial charge in [-0.15, -0.1) is 0 Å². The van der Waals surface area contributed by atoms with Crippen LogP contribution in [0.4, 0.5) is 0 Å². The van der Waals surface area contributed by atoms with Gasteiger partial charge < -0.3 is 20.1 Å². The Labute approximate surface area is 135 Å². The van der Waals surface area contributed by atoms with Gasteiger partial charge in [-0.25, -0.2) is 4.79 Å².